The zero-order valence-corrected chi connectivity index (χ0v) is 12.2. The smallest absolute Gasteiger partial charge is 0.242 e. The van der Waals surface area contributed by atoms with Crippen LogP contribution in [0.4, 0.5) is 5.69 Å². The molecule has 0 fully saturated rings. The lowest BCUT2D eigenvalue weighted by molar-refractivity contribution is -0.129. The number of carbonyl (C=O) groups excluding carboxylic acids is 1. The van der Waals surface area contributed by atoms with E-state index in [-0.39, 0.29) is 5.91 Å². The van der Waals surface area contributed by atoms with E-state index >= 15 is 0 Å². The fourth-order valence-electron chi connectivity index (χ4n) is 1.99. The molecule has 0 saturated carbocycles. The lowest BCUT2D eigenvalue weighted by Crippen LogP contribution is -2.36. The number of anilines is 1. The summed E-state index contributed by atoms with van der Waals surface area (Å²) in [6, 6.07) is 13.7. The third-order valence-corrected chi connectivity index (χ3v) is 3.18. The lowest BCUT2D eigenvalue weighted by atomic mass is 10.3. The molecule has 106 valence electrons. The summed E-state index contributed by atoms with van der Waals surface area (Å²) >= 11 is 0. The van der Waals surface area contributed by atoms with Gasteiger partial charge in [-0.2, -0.15) is 0 Å². The highest BCUT2D eigenvalue weighted by Crippen LogP contribution is 2.12. The van der Waals surface area contributed by atoms with Crippen molar-refractivity contribution in [1.29, 1.82) is 0 Å². The largest absolute Gasteiger partial charge is 0.464 e. The maximum atomic E-state index is 12.2. The standard InChI is InChI=1S/C16H20N2O2/c1-13-9-10-15(20-13)11-18(3)16(19)12-17(2)14-7-5-4-6-8-14/h4-10H,11-12H2,1-3H3. The Hall–Kier alpha value is -2.23. The molecule has 2 rings (SSSR count). The van der Waals surface area contributed by atoms with Crippen molar-refractivity contribution in [2.45, 2.75) is 13.5 Å². The Labute approximate surface area is 119 Å². The van der Waals surface area contributed by atoms with Crippen molar-refractivity contribution in [1.82, 2.24) is 4.90 Å². The van der Waals surface area contributed by atoms with Crippen LogP contribution in [0.3, 0.4) is 0 Å². The maximum Gasteiger partial charge on any atom is 0.242 e. The summed E-state index contributed by atoms with van der Waals surface area (Å²) in [6.07, 6.45) is 0. The molecule has 0 bridgehead atoms. The summed E-state index contributed by atoms with van der Waals surface area (Å²) in [5, 5.41) is 0. The summed E-state index contributed by atoms with van der Waals surface area (Å²) < 4.78 is 5.49. The minimum Gasteiger partial charge on any atom is -0.464 e. The van der Waals surface area contributed by atoms with E-state index in [1.54, 1.807) is 11.9 Å². The summed E-state index contributed by atoms with van der Waals surface area (Å²) in [5.74, 6) is 1.73. The Morgan fingerprint density at radius 3 is 2.40 bits per heavy atom. The van der Waals surface area contributed by atoms with Gasteiger partial charge in [-0.15, -0.1) is 0 Å². The average Bonchev–Trinajstić information content (AvgIpc) is 2.85. The van der Waals surface area contributed by atoms with Gasteiger partial charge < -0.3 is 14.2 Å². The van der Waals surface area contributed by atoms with Crippen molar-refractivity contribution in [2.75, 3.05) is 25.5 Å². The Balaban J connectivity index is 1.91. The van der Waals surface area contributed by atoms with E-state index < -0.39 is 0 Å². The van der Waals surface area contributed by atoms with Crippen LogP contribution in [0.2, 0.25) is 0 Å². The molecular formula is C16H20N2O2. The van der Waals surface area contributed by atoms with Gasteiger partial charge in [0, 0.05) is 19.8 Å². The van der Waals surface area contributed by atoms with Crippen molar-refractivity contribution in [2.24, 2.45) is 0 Å². The van der Waals surface area contributed by atoms with Crippen LogP contribution < -0.4 is 4.90 Å². The first kappa shape index (κ1) is 14.2. The number of carbonyl (C=O) groups is 1. The van der Waals surface area contributed by atoms with Crippen LogP contribution in [0.5, 0.6) is 0 Å². The first-order valence-corrected chi connectivity index (χ1v) is 6.61. The quantitative estimate of drug-likeness (QED) is 0.839. The van der Waals surface area contributed by atoms with Gasteiger partial charge in [-0.1, -0.05) is 18.2 Å². The molecule has 0 radical (unpaired) electrons. The van der Waals surface area contributed by atoms with E-state index in [0.29, 0.717) is 13.1 Å². The molecule has 2 aromatic rings. The summed E-state index contributed by atoms with van der Waals surface area (Å²) in [4.78, 5) is 15.8. The van der Waals surface area contributed by atoms with E-state index in [1.165, 1.54) is 0 Å². The van der Waals surface area contributed by atoms with Gasteiger partial charge in [-0.05, 0) is 31.2 Å². The van der Waals surface area contributed by atoms with Gasteiger partial charge in [0.15, 0.2) is 0 Å². The minimum atomic E-state index is 0.0606. The number of benzene rings is 1. The van der Waals surface area contributed by atoms with Crippen molar-refractivity contribution < 1.29 is 9.21 Å². The van der Waals surface area contributed by atoms with E-state index in [1.807, 2.05) is 61.3 Å². The second-order valence-electron chi connectivity index (χ2n) is 4.95. The van der Waals surface area contributed by atoms with Crippen LogP contribution in [-0.4, -0.2) is 31.4 Å². The number of nitrogens with zero attached hydrogens (tertiary/aromatic N) is 2. The van der Waals surface area contributed by atoms with Crippen LogP contribution in [0.1, 0.15) is 11.5 Å². The average molecular weight is 272 g/mol. The Bertz CT molecular complexity index is 563. The second-order valence-corrected chi connectivity index (χ2v) is 4.95. The van der Waals surface area contributed by atoms with Crippen LogP contribution >= 0.6 is 0 Å². The first-order chi connectivity index (χ1) is 9.56. The second kappa shape index (κ2) is 6.28. The molecule has 0 saturated heterocycles. The molecule has 0 N–H and O–H groups in total. The Morgan fingerprint density at radius 1 is 1.10 bits per heavy atom. The summed E-state index contributed by atoms with van der Waals surface area (Å²) in [7, 11) is 3.71. The molecule has 4 heteroatoms. The van der Waals surface area contributed by atoms with Crippen LogP contribution in [0, 0.1) is 6.92 Å². The van der Waals surface area contributed by atoms with Gasteiger partial charge in [0.2, 0.25) is 5.91 Å². The SMILES string of the molecule is Cc1ccc(CN(C)C(=O)CN(C)c2ccccc2)o1. The van der Waals surface area contributed by atoms with Gasteiger partial charge in [-0.25, -0.2) is 0 Å². The number of para-hydroxylation sites is 1. The van der Waals surface area contributed by atoms with E-state index in [9.17, 15) is 4.79 Å². The van der Waals surface area contributed by atoms with Gasteiger partial charge >= 0.3 is 0 Å². The highest BCUT2D eigenvalue weighted by atomic mass is 16.3. The zero-order chi connectivity index (χ0) is 14.5. The molecule has 0 unspecified atom stereocenters. The zero-order valence-electron chi connectivity index (χ0n) is 12.2. The molecule has 20 heavy (non-hydrogen) atoms. The molecule has 4 nitrogen and oxygen atoms in total. The van der Waals surface area contributed by atoms with E-state index in [2.05, 4.69) is 0 Å². The number of furan rings is 1. The highest BCUT2D eigenvalue weighted by molar-refractivity contribution is 5.81. The molecule has 1 amide bonds. The van der Waals surface area contributed by atoms with Crippen LogP contribution in [0.15, 0.2) is 46.9 Å². The predicted octanol–water partition coefficient (Wildman–Crippen LogP) is 2.68. The van der Waals surface area contributed by atoms with Crippen LogP contribution in [-0.2, 0) is 11.3 Å². The lowest BCUT2D eigenvalue weighted by Gasteiger charge is -2.22. The van der Waals surface area contributed by atoms with E-state index in [4.69, 9.17) is 4.42 Å². The molecule has 1 aromatic heterocycles. The fourth-order valence-corrected chi connectivity index (χ4v) is 1.99. The van der Waals surface area contributed by atoms with Gasteiger partial charge in [0.25, 0.3) is 0 Å². The van der Waals surface area contributed by atoms with Crippen molar-refractivity contribution in [3.63, 3.8) is 0 Å². The van der Waals surface area contributed by atoms with Crippen LogP contribution in [0.25, 0.3) is 0 Å². The predicted molar refractivity (Wildman–Crippen MR) is 79.6 cm³/mol. The van der Waals surface area contributed by atoms with Gasteiger partial charge in [-0.3, -0.25) is 4.79 Å². The highest BCUT2D eigenvalue weighted by Gasteiger charge is 2.13. The van der Waals surface area contributed by atoms with Gasteiger partial charge in [0.1, 0.15) is 11.5 Å². The molecule has 0 aliphatic rings. The minimum absolute atomic E-state index is 0.0606. The van der Waals surface area contributed by atoms with E-state index in [0.717, 1.165) is 17.2 Å². The molecule has 0 aliphatic heterocycles. The maximum absolute atomic E-state index is 12.2. The van der Waals surface area contributed by atoms with Gasteiger partial charge in [0.05, 0.1) is 13.1 Å². The Kier molecular flexibility index (Phi) is 4.45. The summed E-state index contributed by atoms with van der Waals surface area (Å²) in [5.41, 5.74) is 1.03. The fraction of sp³-hybridized carbons (Fsp3) is 0.312. The van der Waals surface area contributed by atoms with Crippen molar-refractivity contribution >= 4 is 11.6 Å². The Morgan fingerprint density at radius 2 is 1.80 bits per heavy atom. The molecule has 0 spiro atoms. The molecule has 0 atom stereocenters. The normalized spacial score (nSPS) is 10.3. The third-order valence-electron chi connectivity index (χ3n) is 3.18. The third kappa shape index (κ3) is 3.63. The number of hydrogen-bond donors (Lipinski definition) is 0. The van der Waals surface area contributed by atoms with Crippen molar-refractivity contribution in [3.05, 3.63) is 54.0 Å². The summed E-state index contributed by atoms with van der Waals surface area (Å²) in [6.45, 7) is 2.74. The number of amides is 1. The number of likely N-dealkylation sites (N-methyl/N-ethyl adjacent to an activating group) is 2. The van der Waals surface area contributed by atoms with Crippen molar-refractivity contribution in [3.8, 4) is 0 Å². The monoisotopic (exact) mass is 272 g/mol. The molecule has 1 aromatic carbocycles. The number of rotatable bonds is 5. The molecule has 0 aliphatic carbocycles. The first-order valence-electron chi connectivity index (χ1n) is 6.61. The topological polar surface area (TPSA) is 36.7 Å². The number of hydrogen-bond acceptors (Lipinski definition) is 3. The molecule has 1 heterocycles. The number of aryl methyl sites for hydroxylation is 1. The molecular weight excluding hydrogens is 252 g/mol.